The minimum atomic E-state index is -3.93. The molecule has 0 bridgehead atoms. The van der Waals surface area contributed by atoms with E-state index in [4.69, 9.17) is 9.47 Å². The molecule has 7 nitrogen and oxygen atoms in total. The highest BCUT2D eigenvalue weighted by Crippen LogP contribution is 2.32. The van der Waals surface area contributed by atoms with Crippen LogP contribution in [0.4, 0.5) is 10.1 Å². The summed E-state index contributed by atoms with van der Waals surface area (Å²) in [6, 6.07) is 16.1. The number of benzene rings is 3. The van der Waals surface area contributed by atoms with Crippen molar-refractivity contribution < 1.29 is 27.1 Å². The van der Waals surface area contributed by atoms with Crippen LogP contribution in [0, 0.1) is 5.82 Å². The molecule has 4 rings (SSSR count). The van der Waals surface area contributed by atoms with Crippen molar-refractivity contribution in [2.75, 3.05) is 17.9 Å². The monoisotopic (exact) mass is 470 g/mol. The second-order valence-corrected chi connectivity index (χ2v) is 9.28. The van der Waals surface area contributed by atoms with Crippen LogP contribution in [0.2, 0.25) is 0 Å². The maximum absolute atomic E-state index is 13.5. The van der Waals surface area contributed by atoms with Gasteiger partial charge in [-0.2, -0.15) is 0 Å². The number of ether oxygens (including phenoxy) is 2. The highest BCUT2D eigenvalue weighted by Gasteiger charge is 2.20. The van der Waals surface area contributed by atoms with Gasteiger partial charge in [0.15, 0.2) is 11.5 Å². The van der Waals surface area contributed by atoms with Crippen LogP contribution in [0.1, 0.15) is 35.3 Å². The van der Waals surface area contributed by atoms with E-state index in [1.165, 1.54) is 30.3 Å². The van der Waals surface area contributed by atoms with E-state index in [9.17, 15) is 17.6 Å². The van der Waals surface area contributed by atoms with E-state index in [0.717, 1.165) is 0 Å². The maximum atomic E-state index is 13.5. The Morgan fingerprint density at radius 2 is 1.73 bits per heavy atom. The van der Waals surface area contributed by atoms with Crippen LogP contribution < -0.4 is 19.5 Å². The van der Waals surface area contributed by atoms with E-state index < -0.39 is 22.0 Å². The lowest BCUT2D eigenvalue weighted by atomic mass is 10.1. The molecule has 1 aliphatic rings. The van der Waals surface area contributed by atoms with Gasteiger partial charge in [0, 0.05) is 23.7 Å². The van der Waals surface area contributed by atoms with Crippen molar-refractivity contribution in [3.63, 3.8) is 0 Å². The molecule has 9 heteroatoms. The Balaban J connectivity index is 1.49. The van der Waals surface area contributed by atoms with E-state index >= 15 is 0 Å². The number of halogens is 1. The molecule has 172 valence electrons. The Hall–Kier alpha value is -3.59. The number of sulfonamides is 1. The zero-order valence-corrected chi connectivity index (χ0v) is 18.7. The lowest BCUT2D eigenvalue weighted by Gasteiger charge is -2.15. The number of carbonyl (C=O) groups is 1. The zero-order valence-electron chi connectivity index (χ0n) is 17.9. The van der Waals surface area contributed by atoms with Gasteiger partial charge in [0.05, 0.1) is 24.2 Å². The summed E-state index contributed by atoms with van der Waals surface area (Å²) in [5.74, 6) is 0.0653. The fraction of sp³-hybridized carbons (Fsp3) is 0.208. The third-order valence-electron chi connectivity index (χ3n) is 5.10. The number of amides is 1. The molecule has 0 saturated carbocycles. The highest BCUT2D eigenvalue weighted by molar-refractivity contribution is 7.92. The van der Waals surface area contributed by atoms with Crippen LogP contribution in [0.5, 0.6) is 11.5 Å². The van der Waals surface area contributed by atoms with Crippen molar-refractivity contribution in [3.8, 4) is 11.5 Å². The van der Waals surface area contributed by atoms with Crippen molar-refractivity contribution in [1.29, 1.82) is 0 Å². The Morgan fingerprint density at radius 1 is 0.970 bits per heavy atom. The first kappa shape index (κ1) is 22.6. The van der Waals surface area contributed by atoms with Crippen molar-refractivity contribution >= 4 is 21.6 Å². The summed E-state index contributed by atoms with van der Waals surface area (Å²) in [5.41, 5.74) is 1.11. The molecule has 1 amide bonds. The molecular weight excluding hydrogens is 447 g/mol. The van der Waals surface area contributed by atoms with Crippen LogP contribution in [0.25, 0.3) is 0 Å². The minimum absolute atomic E-state index is 0.0151. The van der Waals surface area contributed by atoms with Gasteiger partial charge < -0.3 is 14.8 Å². The Morgan fingerprint density at radius 3 is 2.52 bits per heavy atom. The Labute approximate surface area is 191 Å². The molecule has 1 atom stereocenters. The summed E-state index contributed by atoms with van der Waals surface area (Å²) in [4.78, 5) is 12.7. The first-order chi connectivity index (χ1) is 15.8. The van der Waals surface area contributed by atoms with E-state index in [0.29, 0.717) is 36.7 Å². The summed E-state index contributed by atoms with van der Waals surface area (Å²) in [6.45, 7) is 2.68. The quantitative estimate of drug-likeness (QED) is 0.561. The van der Waals surface area contributed by atoms with Gasteiger partial charge in [-0.25, -0.2) is 12.8 Å². The van der Waals surface area contributed by atoms with Crippen LogP contribution >= 0.6 is 0 Å². The second kappa shape index (κ2) is 9.50. The van der Waals surface area contributed by atoms with Crippen LogP contribution in [-0.4, -0.2) is 27.5 Å². The molecule has 3 aromatic carbocycles. The molecule has 0 radical (unpaired) electrons. The Bertz CT molecular complexity index is 1280. The predicted octanol–water partition coefficient (Wildman–Crippen LogP) is 4.28. The van der Waals surface area contributed by atoms with Crippen LogP contribution in [0.15, 0.2) is 71.6 Å². The predicted molar refractivity (Wildman–Crippen MR) is 122 cm³/mol. The van der Waals surface area contributed by atoms with Crippen LogP contribution in [0.3, 0.4) is 0 Å². The molecule has 0 spiro atoms. The van der Waals surface area contributed by atoms with Gasteiger partial charge >= 0.3 is 0 Å². The number of rotatable bonds is 6. The summed E-state index contributed by atoms with van der Waals surface area (Å²) in [5, 5.41) is 2.79. The topological polar surface area (TPSA) is 93.7 Å². The van der Waals surface area contributed by atoms with Crippen molar-refractivity contribution in [3.05, 3.63) is 83.7 Å². The number of fused-ring (bicyclic) bond motifs is 1. The van der Waals surface area contributed by atoms with Gasteiger partial charge in [-0.1, -0.05) is 18.2 Å². The third kappa shape index (κ3) is 5.43. The molecule has 1 aliphatic heterocycles. The molecular formula is C24H23FN2O5S. The van der Waals surface area contributed by atoms with Gasteiger partial charge in [-0.15, -0.1) is 0 Å². The van der Waals surface area contributed by atoms with E-state index in [2.05, 4.69) is 10.0 Å². The van der Waals surface area contributed by atoms with Crippen LogP contribution in [-0.2, 0) is 10.0 Å². The molecule has 0 saturated heterocycles. The fourth-order valence-corrected chi connectivity index (χ4v) is 4.45. The molecule has 0 fully saturated rings. The number of carbonyl (C=O) groups excluding carboxylic acids is 1. The molecule has 1 unspecified atom stereocenters. The van der Waals surface area contributed by atoms with Crippen molar-refractivity contribution in [2.24, 2.45) is 0 Å². The lowest BCUT2D eigenvalue weighted by Crippen LogP contribution is -2.26. The Kier molecular flexibility index (Phi) is 6.50. The number of nitrogens with one attached hydrogen (secondary N) is 2. The van der Waals surface area contributed by atoms with Crippen molar-refractivity contribution in [1.82, 2.24) is 5.32 Å². The van der Waals surface area contributed by atoms with E-state index in [1.54, 1.807) is 43.3 Å². The summed E-state index contributed by atoms with van der Waals surface area (Å²) < 4.78 is 52.9. The van der Waals surface area contributed by atoms with Gasteiger partial charge in [0.25, 0.3) is 15.9 Å². The number of hydrogen-bond donors (Lipinski definition) is 2. The highest BCUT2D eigenvalue weighted by atomic mass is 32.2. The zero-order chi connectivity index (χ0) is 23.4. The second-order valence-electron chi connectivity index (χ2n) is 7.60. The minimum Gasteiger partial charge on any atom is -0.490 e. The molecule has 0 aromatic heterocycles. The van der Waals surface area contributed by atoms with Gasteiger partial charge in [-0.05, 0) is 55.0 Å². The molecule has 1 heterocycles. The first-order valence-corrected chi connectivity index (χ1v) is 11.9. The average molecular weight is 471 g/mol. The fourth-order valence-electron chi connectivity index (χ4n) is 3.39. The van der Waals surface area contributed by atoms with Gasteiger partial charge in [-0.3, -0.25) is 9.52 Å². The molecule has 0 aliphatic carbocycles. The average Bonchev–Trinajstić information content (AvgIpc) is 3.04. The first-order valence-electron chi connectivity index (χ1n) is 10.4. The van der Waals surface area contributed by atoms with Gasteiger partial charge in [0.1, 0.15) is 5.82 Å². The third-order valence-corrected chi connectivity index (χ3v) is 6.48. The largest absolute Gasteiger partial charge is 0.490 e. The van der Waals surface area contributed by atoms with E-state index in [-0.39, 0.29) is 22.0 Å². The maximum Gasteiger partial charge on any atom is 0.262 e. The summed E-state index contributed by atoms with van der Waals surface area (Å²) in [7, 11) is -3.93. The SMILES string of the molecule is CC(NC(=O)c1cccc(NS(=O)(=O)c2ccc3c(c2)OCCCO3)c1)c1cccc(F)c1. The summed E-state index contributed by atoms with van der Waals surface area (Å²) >= 11 is 0. The van der Waals surface area contributed by atoms with Gasteiger partial charge in [0.2, 0.25) is 0 Å². The van der Waals surface area contributed by atoms with E-state index in [1.807, 2.05) is 0 Å². The normalized spacial score (nSPS) is 14.1. The molecule has 3 aromatic rings. The van der Waals surface area contributed by atoms with Crippen molar-refractivity contribution in [2.45, 2.75) is 24.3 Å². The standard InChI is InChI=1S/C24H23FN2O5S/c1-16(17-5-2-7-19(25)13-17)26-24(28)18-6-3-8-20(14-18)27-33(29,30)21-9-10-22-23(15-21)32-12-4-11-31-22/h2-3,5-10,13-16,27H,4,11-12H2,1H3,(H,26,28). The summed E-state index contributed by atoms with van der Waals surface area (Å²) in [6.07, 6.45) is 0.710. The smallest absolute Gasteiger partial charge is 0.262 e. The molecule has 33 heavy (non-hydrogen) atoms. The number of anilines is 1. The lowest BCUT2D eigenvalue weighted by molar-refractivity contribution is 0.0940. The number of hydrogen-bond acceptors (Lipinski definition) is 5. The molecule has 2 N–H and O–H groups in total.